The van der Waals surface area contributed by atoms with Crippen LogP contribution in [0.5, 0.6) is 0 Å². The van der Waals surface area contributed by atoms with Gasteiger partial charge in [0.1, 0.15) is 17.7 Å². The van der Waals surface area contributed by atoms with Gasteiger partial charge in [0, 0.05) is 20.0 Å². The number of ether oxygens (including phenoxy) is 1. The maximum atomic E-state index is 13.0. The van der Waals surface area contributed by atoms with Crippen LogP contribution in [0.25, 0.3) is 0 Å². The molecular formula is C16H25BrN6O5. The van der Waals surface area contributed by atoms with Crippen LogP contribution in [0.3, 0.4) is 0 Å². The van der Waals surface area contributed by atoms with Crippen LogP contribution in [0.1, 0.15) is 39.4 Å². The van der Waals surface area contributed by atoms with Gasteiger partial charge in [-0.2, -0.15) is 5.10 Å². The first-order valence-corrected chi connectivity index (χ1v) is 9.61. The molecule has 1 fully saturated rings. The topological polar surface area (TPSA) is 139 Å². The molecule has 2 atom stereocenters. The first kappa shape index (κ1) is 22.1. The van der Waals surface area contributed by atoms with Crippen LogP contribution < -0.4 is 10.7 Å². The highest BCUT2D eigenvalue weighted by Crippen LogP contribution is 2.13. The lowest BCUT2D eigenvalue weighted by molar-refractivity contribution is -0.147. The van der Waals surface area contributed by atoms with E-state index in [1.807, 2.05) is 0 Å². The second kappa shape index (κ2) is 8.86. The number of carbonyl (C=O) groups is 3. The van der Waals surface area contributed by atoms with Crippen LogP contribution in [-0.4, -0.2) is 67.1 Å². The Hall–Kier alpha value is -2.21. The van der Waals surface area contributed by atoms with Gasteiger partial charge in [-0.1, -0.05) is 0 Å². The third kappa shape index (κ3) is 6.16. The van der Waals surface area contributed by atoms with Crippen molar-refractivity contribution in [3.63, 3.8) is 0 Å². The van der Waals surface area contributed by atoms with E-state index in [4.69, 9.17) is 4.74 Å². The molecule has 2 heterocycles. The number of nitrogens with one attached hydrogen (secondary N) is 2. The van der Waals surface area contributed by atoms with Crippen molar-refractivity contribution in [2.75, 3.05) is 6.54 Å². The number of halogens is 1. The van der Waals surface area contributed by atoms with Crippen LogP contribution >= 0.6 is 15.9 Å². The summed E-state index contributed by atoms with van der Waals surface area (Å²) in [6.45, 7) is 5.47. The second-order valence-electron chi connectivity index (χ2n) is 7.48. The van der Waals surface area contributed by atoms with Crippen molar-refractivity contribution in [3.05, 3.63) is 10.6 Å². The highest BCUT2D eigenvalue weighted by Gasteiger charge is 2.34. The fourth-order valence-corrected chi connectivity index (χ4v) is 2.93. The SMILES string of the molecule is Cn1nc(C[C@H](NC(=O)OC(C)(C)C)C(=O)N2CCC[C@@H](C(=O)O)N2)nc1Br. The Balaban J connectivity index is 2.17. The number of carboxylic acid groups (broad SMARTS) is 1. The quantitative estimate of drug-likeness (QED) is 0.580. The smallest absolute Gasteiger partial charge is 0.408 e. The number of aliphatic carboxylic acids is 1. The van der Waals surface area contributed by atoms with Gasteiger partial charge >= 0.3 is 12.1 Å². The minimum Gasteiger partial charge on any atom is -0.480 e. The van der Waals surface area contributed by atoms with E-state index in [0.717, 1.165) is 0 Å². The molecule has 1 aliphatic heterocycles. The molecule has 28 heavy (non-hydrogen) atoms. The molecule has 0 unspecified atom stereocenters. The van der Waals surface area contributed by atoms with Gasteiger partial charge in [-0.05, 0) is 49.5 Å². The molecule has 12 heteroatoms. The van der Waals surface area contributed by atoms with Gasteiger partial charge in [0.2, 0.25) is 0 Å². The first-order valence-electron chi connectivity index (χ1n) is 8.81. The van der Waals surface area contributed by atoms with Crippen LogP contribution in [0.4, 0.5) is 4.79 Å². The first-order chi connectivity index (χ1) is 13.0. The summed E-state index contributed by atoms with van der Waals surface area (Å²) in [6.07, 6.45) is 0.209. The standard InChI is InChI=1S/C16H25BrN6O5/c1-16(2,3)28-15(27)18-10(8-11-19-14(17)22(4)21-11)12(24)23-7-5-6-9(20-23)13(25)26/h9-10,20H,5-8H2,1-4H3,(H,18,27)(H,25,26)/t9-,10-/m0/s1. The minimum atomic E-state index is -1.04. The van der Waals surface area contributed by atoms with Crippen molar-refractivity contribution in [3.8, 4) is 0 Å². The number of hydrogen-bond donors (Lipinski definition) is 3. The van der Waals surface area contributed by atoms with Gasteiger partial charge in [0.25, 0.3) is 5.91 Å². The number of hydrogen-bond acceptors (Lipinski definition) is 7. The van der Waals surface area contributed by atoms with Crippen molar-refractivity contribution in [2.45, 2.75) is 57.7 Å². The number of rotatable bonds is 5. The van der Waals surface area contributed by atoms with Crippen LogP contribution in [0.15, 0.2) is 4.73 Å². The normalized spacial score (nSPS) is 18.5. The Bertz CT molecular complexity index is 727. The van der Waals surface area contributed by atoms with E-state index in [1.165, 1.54) is 9.69 Å². The molecule has 0 spiro atoms. The molecule has 1 saturated heterocycles. The lowest BCUT2D eigenvalue weighted by Crippen LogP contribution is -2.60. The summed E-state index contributed by atoms with van der Waals surface area (Å²) in [5, 5.41) is 17.2. The van der Waals surface area contributed by atoms with E-state index in [0.29, 0.717) is 29.9 Å². The van der Waals surface area contributed by atoms with Gasteiger partial charge in [-0.15, -0.1) is 0 Å². The van der Waals surface area contributed by atoms with Crippen molar-refractivity contribution >= 4 is 33.9 Å². The van der Waals surface area contributed by atoms with E-state index in [9.17, 15) is 19.5 Å². The van der Waals surface area contributed by atoms with Gasteiger partial charge in [0.05, 0.1) is 0 Å². The molecule has 2 amide bonds. The minimum absolute atomic E-state index is 0.0213. The Morgan fingerprint density at radius 2 is 2.11 bits per heavy atom. The molecule has 1 aliphatic rings. The Kier molecular flexibility index (Phi) is 6.99. The van der Waals surface area contributed by atoms with Crippen LogP contribution in [0.2, 0.25) is 0 Å². The largest absolute Gasteiger partial charge is 0.480 e. The number of aryl methyl sites for hydroxylation is 1. The summed E-state index contributed by atoms with van der Waals surface area (Å²) in [7, 11) is 1.68. The Morgan fingerprint density at radius 1 is 1.43 bits per heavy atom. The fraction of sp³-hybridized carbons (Fsp3) is 0.688. The highest BCUT2D eigenvalue weighted by atomic mass is 79.9. The van der Waals surface area contributed by atoms with Gasteiger partial charge in [0.15, 0.2) is 10.6 Å². The maximum Gasteiger partial charge on any atom is 0.408 e. The van der Waals surface area contributed by atoms with E-state index >= 15 is 0 Å². The number of carboxylic acids is 1. The molecule has 0 bridgehead atoms. The number of alkyl carbamates (subject to hydrolysis) is 1. The number of nitrogens with zero attached hydrogens (tertiary/aromatic N) is 4. The lowest BCUT2D eigenvalue weighted by atomic mass is 10.1. The number of hydrazine groups is 1. The summed E-state index contributed by atoms with van der Waals surface area (Å²) in [4.78, 5) is 40.6. The predicted molar refractivity (Wildman–Crippen MR) is 101 cm³/mol. The molecule has 0 aliphatic carbocycles. The average molecular weight is 461 g/mol. The van der Waals surface area contributed by atoms with Gasteiger partial charge < -0.3 is 15.2 Å². The van der Waals surface area contributed by atoms with E-state index in [-0.39, 0.29) is 6.42 Å². The number of carbonyl (C=O) groups excluding carboxylic acids is 2. The summed E-state index contributed by atoms with van der Waals surface area (Å²) in [6, 6.07) is -1.88. The molecule has 2 rings (SSSR count). The highest BCUT2D eigenvalue weighted by molar-refractivity contribution is 9.10. The average Bonchev–Trinajstić information content (AvgIpc) is 2.89. The summed E-state index contributed by atoms with van der Waals surface area (Å²) >= 11 is 3.24. The molecule has 1 aromatic heterocycles. The van der Waals surface area contributed by atoms with Crippen molar-refractivity contribution < 1.29 is 24.2 Å². The zero-order valence-electron chi connectivity index (χ0n) is 16.2. The van der Waals surface area contributed by atoms with E-state index in [2.05, 4.69) is 36.8 Å². The number of aromatic nitrogens is 3. The summed E-state index contributed by atoms with van der Waals surface area (Å²) in [5.41, 5.74) is 1.96. The number of amides is 2. The van der Waals surface area contributed by atoms with Gasteiger partial charge in [-0.25, -0.2) is 19.9 Å². The molecule has 11 nitrogen and oxygen atoms in total. The molecule has 0 radical (unpaired) electrons. The second-order valence-corrected chi connectivity index (χ2v) is 8.18. The zero-order valence-corrected chi connectivity index (χ0v) is 17.8. The van der Waals surface area contributed by atoms with Crippen LogP contribution in [0, 0.1) is 0 Å². The van der Waals surface area contributed by atoms with E-state index < -0.39 is 35.7 Å². The van der Waals surface area contributed by atoms with Crippen molar-refractivity contribution in [2.24, 2.45) is 7.05 Å². The maximum absolute atomic E-state index is 13.0. The molecule has 0 saturated carbocycles. The monoisotopic (exact) mass is 460 g/mol. The fourth-order valence-electron chi connectivity index (χ4n) is 2.65. The summed E-state index contributed by atoms with van der Waals surface area (Å²) in [5.74, 6) is -1.18. The molecule has 1 aromatic rings. The van der Waals surface area contributed by atoms with Gasteiger partial charge in [-0.3, -0.25) is 14.6 Å². The third-order valence-electron chi connectivity index (χ3n) is 3.88. The predicted octanol–water partition coefficient (Wildman–Crippen LogP) is 0.594. The zero-order chi connectivity index (χ0) is 21.1. The molecular weight excluding hydrogens is 436 g/mol. The molecule has 156 valence electrons. The van der Waals surface area contributed by atoms with E-state index in [1.54, 1.807) is 27.8 Å². The Labute approximate surface area is 170 Å². The third-order valence-corrected chi connectivity index (χ3v) is 4.57. The van der Waals surface area contributed by atoms with Crippen molar-refractivity contribution in [1.29, 1.82) is 0 Å². The summed E-state index contributed by atoms with van der Waals surface area (Å²) < 4.78 is 7.21. The van der Waals surface area contributed by atoms with Crippen molar-refractivity contribution in [1.82, 2.24) is 30.5 Å². The molecule has 0 aromatic carbocycles. The lowest BCUT2D eigenvalue weighted by Gasteiger charge is -2.34. The Morgan fingerprint density at radius 3 is 2.64 bits per heavy atom. The van der Waals surface area contributed by atoms with Crippen LogP contribution in [-0.2, 0) is 27.8 Å². The molecule has 3 N–H and O–H groups in total.